The third-order valence-corrected chi connectivity index (χ3v) is 2.76. The van der Waals surface area contributed by atoms with Gasteiger partial charge in [-0.25, -0.2) is 0 Å². The van der Waals surface area contributed by atoms with Gasteiger partial charge in [-0.1, -0.05) is 0 Å². The van der Waals surface area contributed by atoms with Crippen LogP contribution >= 0.6 is 0 Å². The van der Waals surface area contributed by atoms with Gasteiger partial charge >= 0.3 is 0 Å². The van der Waals surface area contributed by atoms with Crippen molar-refractivity contribution in [2.75, 3.05) is 18.2 Å². The number of benzene rings is 1. The molecule has 0 saturated carbocycles. The Bertz CT molecular complexity index is 670. The maximum atomic E-state index is 12.0. The molecule has 0 bridgehead atoms. The molecule has 1 aromatic heterocycles. The molecule has 0 atom stereocenters. The Labute approximate surface area is 116 Å². The fourth-order valence-corrected chi connectivity index (χ4v) is 1.82. The lowest BCUT2D eigenvalue weighted by Gasteiger charge is -2.11. The van der Waals surface area contributed by atoms with Gasteiger partial charge in [0, 0.05) is 11.9 Å². The first-order valence-corrected chi connectivity index (χ1v) is 5.92. The minimum Gasteiger partial charge on any atom is -0.495 e. The van der Waals surface area contributed by atoms with Crippen molar-refractivity contribution in [1.82, 2.24) is 4.57 Å². The zero-order chi connectivity index (χ0) is 14.5. The summed E-state index contributed by atoms with van der Waals surface area (Å²) in [5.74, 6) is 0.266. The van der Waals surface area contributed by atoms with Crippen LogP contribution in [0.2, 0.25) is 0 Å². The van der Waals surface area contributed by atoms with E-state index in [0.717, 1.165) is 0 Å². The summed E-state index contributed by atoms with van der Waals surface area (Å²) in [5, 5.41) is 11.6. The fraction of sp³-hybridized carbons (Fsp3) is 0.143. The molecule has 1 amide bonds. The molecule has 6 heteroatoms. The number of hydrogen-bond acceptors (Lipinski definition) is 4. The Balaban J connectivity index is 2.13. The molecular formula is C14H14N4O2. The third-order valence-electron chi connectivity index (χ3n) is 2.76. The number of anilines is 2. The Hall–Kier alpha value is -2.94. The van der Waals surface area contributed by atoms with Gasteiger partial charge in [0.25, 0.3) is 0 Å². The van der Waals surface area contributed by atoms with E-state index < -0.39 is 0 Å². The van der Waals surface area contributed by atoms with Gasteiger partial charge in [0.05, 0.1) is 12.8 Å². The van der Waals surface area contributed by atoms with E-state index in [1.165, 1.54) is 7.11 Å². The van der Waals surface area contributed by atoms with Crippen molar-refractivity contribution in [1.29, 1.82) is 5.26 Å². The number of carbonyl (C=O) groups excluding carboxylic acids is 1. The summed E-state index contributed by atoms with van der Waals surface area (Å²) in [6, 6.07) is 10.4. The van der Waals surface area contributed by atoms with Gasteiger partial charge in [-0.15, -0.1) is 0 Å². The van der Waals surface area contributed by atoms with Crippen LogP contribution in [0, 0.1) is 11.3 Å². The summed E-state index contributed by atoms with van der Waals surface area (Å²) in [6.45, 7) is 0.0495. The number of nitrogens with one attached hydrogen (secondary N) is 1. The van der Waals surface area contributed by atoms with Crippen LogP contribution in [-0.2, 0) is 11.3 Å². The largest absolute Gasteiger partial charge is 0.495 e. The van der Waals surface area contributed by atoms with Crippen LogP contribution in [0.15, 0.2) is 36.5 Å². The van der Waals surface area contributed by atoms with Gasteiger partial charge < -0.3 is 20.4 Å². The van der Waals surface area contributed by atoms with Crippen molar-refractivity contribution in [2.45, 2.75) is 6.54 Å². The lowest BCUT2D eigenvalue weighted by molar-refractivity contribution is -0.116. The van der Waals surface area contributed by atoms with Crippen LogP contribution in [0.4, 0.5) is 11.4 Å². The molecule has 1 heterocycles. The van der Waals surface area contributed by atoms with Crippen molar-refractivity contribution in [2.24, 2.45) is 0 Å². The minimum absolute atomic E-state index is 0.0495. The molecule has 0 aliphatic carbocycles. The van der Waals surface area contributed by atoms with E-state index in [1.54, 1.807) is 41.1 Å². The van der Waals surface area contributed by atoms with Crippen molar-refractivity contribution in [3.8, 4) is 11.8 Å². The van der Waals surface area contributed by atoms with E-state index in [2.05, 4.69) is 5.32 Å². The number of amides is 1. The third kappa shape index (κ3) is 2.90. The highest BCUT2D eigenvalue weighted by Gasteiger charge is 2.10. The molecule has 0 aliphatic heterocycles. The zero-order valence-corrected chi connectivity index (χ0v) is 11.0. The smallest absolute Gasteiger partial charge is 0.244 e. The molecule has 0 aliphatic rings. The van der Waals surface area contributed by atoms with E-state index in [1.807, 2.05) is 6.07 Å². The number of carbonyl (C=O) groups is 1. The van der Waals surface area contributed by atoms with Crippen LogP contribution in [0.25, 0.3) is 0 Å². The van der Waals surface area contributed by atoms with E-state index in [9.17, 15) is 4.79 Å². The predicted molar refractivity (Wildman–Crippen MR) is 75.2 cm³/mol. The summed E-state index contributed by atoms with van der Waals surface area (Å²) in [6.07, 6.45) is 1.68. The maximum absolute atomic E-state index is 12.0. The van der Waals surface area contributed by atoms with E-state index in [0.29, 0.717) is 22.8 Å². The number of nitrogens with zero attached hydrogens (tertiary/aromatic N) is 2. The zero-order valence-electron chi connectivity index (χ0n) is 11.0. The normalized spacial score (nSPS) is 9.80. The first-order chi connectivity index (χ1) is 9.63. The van der Waals surface area contributed by atoms with E-state index in [-0.39, 0.29) is 12.5 Å². The number of nitrogen functional groups attached to an aromatic ring is 1. The van der Waals surface area contributed by atoms with Crippen molar-refractivity contribution in [3.05, 3.63) is 42.2 Å². The standard InChI is InChI=1S/C14H14N4O2/c1-20-13-5-4-10(16)7-12(13)17-14(19)9-18-6-2-3-11(18)8-15/h2-7H,9,16H2,1H3,(H,17,19). The molecule has 20 heavy (non-hydrogen) atoms. The van der Waals surface area contributed by atoms with Crippen molar-refractivity contribution >= 4 is 17.3 Å². The topological polar surface area (TPSA) is 93.1 Å². The Morgan fingerprint density at radius 1 is 1.50 bits per heavy atom. The molecule has 2 aromatic rings. The van der Waals surface area contributed by atoms with E-state index >= 15 is 0 Å². The molecule has 0 fully saturated rings. The number of ether oxygens (including phenoxy) is 1. The Morgan fingerprint density at radius 2 is 2.30 bits per heavy atom. The van der Waals surface area contributed by atoms with E-state index in [4.69, 9.17) is 15.7 Å². The number of rotatable bonds is 4. The Morgan fingerprint density at radius 3 is 3.00 bits per heavy atom. The molecule has 0 unspecified atom stereocenters. The fourth-order valence-electron chi connectivity index (χ4n) is 1.82. The predicted octanol–water partition coefficient (Wildman–Crippen LogP) is 1.59. The lowest BCUT2D eigenvalue weighted by Crippen LogP contribution is -2.19. The van der Waals surface area contributed by atoms with Gasteiger partial charge in [0.1, 0.15) is 24.1 Å². The molecular weight excluding hydrogens is 256 g/mol. The molecule has 3 N–H and O–H groups in total. The number of hydrogen-bond donors (Lipinski definition) is 2. The van der Waals surface area contributed by atoms with Crippen LogP contribution in [0.3, 0.4) is 0 Å². The maximum Gasteiger partial charge on any atom is 0.244 e. The summed E-state index contributed by atoms with van der Waals surface area (Å²) in [4.78, 5) is 12.0. The first kappa shape index (κ1) is 13.5. The monoisotopic (exact) mass is 270 g/mol. The molecule has 102 valence electrons. The lowest BCUT2D eigenvalue weighted by atomic mass is 10.2. The van der Waals surface area contributed by atoms with Crippen molar-refractivity contribution < 1.29 is 9.53 Å². The van der Waals surface area contributed by atoms with Crippen molar-refractivity contribution in [3.63, 3.8) is 0 Å². The highest BCUT2D eigenvalue weighted by Crippen LogP contribution is 2.26. The minimum atomic E-state index is -0.262. The number of methoxy groups -OCH3 is 1. The van der Waals surface area contributed by atoms with Gasteiger partial charge in [-0.05, 0) is 30.3 Å². The summed E-state index contributed by atoms with van der Waals surface area (Å²) in [7, 11) is 1.51. The average molecular weight is 270 g/mol. The highest BCUT2D eigenvalue weighted by molar-refractivity contribution is 5.92. The summed E-state index contributed by atoms with van der Waals surface area (Å²) in [5.41, 5.74) is 7.15. The van der Waals surface area contributed by atoms with Crippen LogP contribution in [-0.4, -0.2) is 17.6 Å². The molecule has 1 aromatic carbocycles. The SMILES string of the molecule is COc1ccc(N)cc1NC(=O)Cn1cccc1C#N. The number of nitrogens with two attached hydrogens (primary N) is 1. The molecule has 2 rings (SSSR count). The highest BCUT2D eigenvalue weighted by atomic mass is 16.5. The number of aromatic nitrogens is 1. The first-order valence-electron chi connectivity index (χ1n) is 5.92. The summed E-state index contributed by atoms with van der Waals surface area (Å²) < 4.78 is 6.72. The second-order valence-corrected chi connectivity index (χ2v) is 4.14. The number of nitriles is 1. The molecule has 0 saturated heterocycles. The van der Waals surface area contributed by atoms with Crippen LogP contribution in [0.5, 0.6) is 5.75 Å². The summed E-state index contributed by atoms with van der Waals surface area (Å²) >= 11 is 0. The van der Waals surface area contributed by atoms with Gasteiger partial charge in [0.15, 0.2) is 0 Å². The molecule has 0 spiro atoms. The molecule has 6 nitrogen and oxygen atoms in total. The second kappa shape index (κ2) is 5.80. The molecule has 0 radical (unpaired) electrons. The quantitative estimate of drug-likeness (QED) is 0.825. The Kier molecular flexibility index (Phi) is 3.91. The van der Waals surface area contributed by atoms with Gasteiger partial charge in [-0.3, -0.25) is 4.79 Å². The van der Waals surface area contributed by atoms with Gasteiger partial charge in [0.2, 0.25) is 5.91 Å². The van der Waals surface area contributed by atoms with Crippen LogP contribution in [0.1, 0.15) is 5.69 Å². The second-order valence-electron chi connectivity index (χ2n) is 4.14. The van der Waals surface area contributed by atoms with Gasteiger partial charge in [-0.2, -0.15) is 5.26 Å². The average Bonchev–Trinajstić information content (AvgIpc) is 2.86. The van der Waals surface area contributed by atoms with Crippen LogP contribution < -0.4 is 15.8 Å².